The lowest BCUT2D eigenvalue weighted by molar-refractivity contribution is 0.122. The van der Waals surface area contributed by atoms with E-state index in [1.165, 1.54) is 15.7 Å². The average Bonchev–Trinajstić information content (AvgIpc) is 3.09. The van der Waals surface area contributed by atoms with Gasteiger partial charge in [0.2, 0.25) is 0 Å². The summed E-state index contributed by atoms with van der Waals surface area (Å²) in [6.07, 6.45) is 2.74. The molecule has 1 aliphatic heterocycles. The van der Waals surface area contributed by atoms with Gasteiger partial charge in [-0.3, -0.25) is 0 Å². The van der Waals surface area contributed by atoms with E-state index in [-0.39, 0.29) is 6.04 Å². The molecule has 0 unspecified atom stereocenters. The van der Waals surface area contributed by atoms with Crippen LogP contribution in [0.5, 0.6) is 0 Å². The zero-order valence-electron chi connectivity index (χ0n) is 16.2. The van der Waals surface area contributed by atoms with Gasteiger partial charge in [0.05, 0.1) is 6.04 Å². The summed E-state index contributed by atoms with van der Waals surface area (Å²) in [5, 5.41) is 11.8. The number of nitrogens with zero attached hydrogens (tertiary/aromatic N) is 4. The molecule has 0 bridgehead atoms. The van der Waals surface area contributed by atoms with Crippen LogP contribution in [0.1, 0.15) is 24.7 Å². The van der Waals surface area contributed by atoms with Gasteiger partial charge in [0.1, 0.15) is 11.3 Å². The fraction of sp³-hybridized carbons (Fsp3) is 0.261. The van der Waals surface area contributed by atoms with E-state index in [1.54, 1.807) is 0 Å². The standard InChI is InChI=1S/C23H22N4O2/c1-15-25-21-20(18-9-8-16-5-2-3-6-17(16)13-18)10-11-24-22(21)27(15)19-7-4-12-26(14-19)23(28)29/h2-3,5-6,8-11,13,19H,4,7,12,14H2,1H3,(H,28,29)/t19-/m1/s1. The summed E-state index contributed by atoms with van der Waals surface area (Å²) in [5.74, 6) is 0.873. The van der Waals surface area contributed by atoms with Crippen molar-refractivity contribution < 1.29 is 9.90 Å². The third kappa shape index (κ3) is 3.01. The van der Waals surface area contributed by atoms with Gasteiger partial charge in [-0.2, -0.15) is 0 Å². The zero-order valence-corrected chi connectivity index (χ0v) is 16.2. The Kier molecular flexibility index (Phi) is 4.19. The van der Waals surface area contributed by atoms with Gasteiger partial charge in [0.25, 0.3) is 0 Å². The number of fused-ring (bicyclic) bond motifs is 2. The van der Waals surface area contributed by atoms with Crippen molar-refractivity contribution in [3.05, 3.63) is 60.6 Å². The van der Waals surface area contributed by atoms with Gasteiger partial charge in [0.15, 0.2) is 5.65 Å². The number of hydrogen-bond acceptors (Lipinski definition) is 3. The molecule has 2 aromatic heterocycles. The van der Waals surface area contributed by atoms with Crippen molar-refractivity contribution in [3.8, 4) is 11.1 Å². The van der Waals surface area contributed by atoms with Crippen LogP contribution in [-0.2, 0) is 0 Å². The molecule has 1 aliphatic rings. The van der Waals surface area contributed by atoms with Crippen LogP contribution in [0.4, 0.5) is 4.79 Å². The number of benzene rings is 2. The molecule has 0 spiro atoms. The molecular formula is C23H22N4O2. The van der Waals surface area contributed by atoms with Gasteiger partial charge in [-0.15, -0.1) is 0 Å². The molecule has 1 amide bonds. The molecule has 29 heavy (non-hydrogen) atoms. The molecule has 0 saturated carbocycles. The maximum Gasteiger partial charge on any atom is 0.407 e. The van der Waals surface area contributed by atoms with Gasteiger partial charge >= 0.3 is 6.09 Å². The number of imidazole rings is 1. The Morgan fingerprint density at radius 3 is 2.79 bits per heavy atom. The first-order valence-corrected chi connectivity index (χ1v) is 9.92. The van der Waals surface area contributed by atoms with Crippen molar-refractivity contribution >= 4 is 28.0 Å². The van der Waals surface area contributed by atoms with Crippen LogP contribution in [0, 0.1) is 6.92 Å². The number of aryl methyl sites for hydroxylation is 1. The summed E-state index contributed by atoms with van der Waals surface area (Å²) in [7, 11) is 0. The predicted octanol–water partition coefficient (Wildman–Crippen LogP) is 4.87. The molecule has 1 saturated heterocycles. The van der Waals surface area contributed by atoms with E-state index >= 15 is 0 Å². The Hall–Kier alpha value is -3.41. The molecule has 1 fully saturated rings. The maximum absolute atomic E-state index is 11.4. The molecule has 2 aromatic carbocycles. The van der Waals surface area contributed by atoms with Crippen LogP contribution in [0.15, 0.2) is 54.7 Å². The number of pyridine rings is 1. The van der Waals surface area contributed by atoms with Crippen molar-refractivity contribution in [1.29, 1.82) is 0 Å². The summed E-state index contributed by atoms with van der Waals surface area (Å²) >= 11 is 0. The molecule has 6 heteroatoms. The Bertz CT molecular complexity index is 1230. The number of likely N-dealkylation sites (tertiary alicyclic amines) is 1. The normalized spacial score (nSPS) is 17.1. The first-order valence-electron chi connectivity index (χ1n) is 9.92. The van der Waals surface area contributed by atoms with E-state index in [0.717, 1.165) is 41.0 Å². The summed E-state index contributed by atoms with van der Waals surface area (Å²) in [4.78, 5) is 22.4. The third-order valence-electron chi connectivity index (χ3n) is 5.85. The maximum atomic E-state index is 11.4. The summed E-state index contributed by atoms with van der Waals surface area (Å²) in [6.45, 7) is 3.04. The van der Waals surface area contributed by atoms with Crippen LogP contribution in [-0.4, -0.2) is 43.7 Å². The van der Waals surface area contributed by atoms with Crippen molar-refractivity contribution in [1.82, 2.24) is 19.4 Å². The summed E-state index contributed by atoms with van der Waals surface area (Å²) in [5.41, 5.74) is 3.85. The lowest BCUT2D eigenvalue weighted by atomic mass is 10.0. The van der Waals surface area contributed by atoms with Crippen molar-refractivity contribution in [2.75, 3.05) is 13.1 Å². The number of carboxylic acid groups (broad SMARTS) is 1. The van der Waals surface area contributed by atoms with E-state index in [0.29, 0.717) is 13.1 Å². The van der Waals surface area contributed by atoms with Gasteiger partial charge in [0, 0.05) is 24.8 Å². The second-order valence-electron chi connectivity index (χ2n) is 7.65. The Morgan fingerprint density at radius 1 is 1.14 bits per heavy atom. The minimum absolute atomic E-state index is 0.0594. The lowest BCUT2D eigenvalue weighted by Gasteiger charge is -2.32. The molecule has 3 heterocycles. The first-order chi connectivity index (χ1) is 14.1. The number of amides is 1. The molecule has 146 valence electrons. The summed E-state index contributed by atoms with van der Waals surface area (Å²) in [6, 6.07) is 16.8. The largest absolute Gasteiger partial charge is 0.465 e. The molecule has 1 N–H and O–H groups in total. The second kappa shape index (κ2) is 6.88. The lowest BCUT2D eigenvalue weighted by Crippen LogP contribution is -2.40. The van der Waals surface area contributed by atoms with Gasteiger partial charge in [-0.05, 0) is 48.2 Å². The second-order valence-corrected chi connectivity index (χ2v) is 7.65. The molecule has 1 atom stereocenters. The topological polar surface area (TPSA) is 71.2 Å². The van der Waals surface area contributed by atoms with Crippen molar-refractivity contribution in [3.63, 3.8) is 0 Å². The van der Waals surface area contributed by atoms with Crippen LogP contribution < -0.4 is 0 Å². The minimum Gasteiger partial charge on any atom is -0.465 e. The molecule has 4 aromatic rings. The molecule has 5 rings (SSSR count). The number of rotatable bonds is 2. The highest BCUT2D eigenvalue weighted by atomic mass is 16.4. The average molecular weight is 386 g/mol. The first kappa shape index (κ1) is 17.7. The predicted molar refractivity (Wildman–Crippen MR) is 113 cm³/mol. The van der Waals surface area contributed by atoms with Gasteiger partial charge < -0.3 is 14.6 Å². The van der Waals surface area contributed by atoms with E-state index in [2.05, 4.69) is 39.9 Å². The smallest absolute Gasteiger partial charge is 0.407 e. The summed E-state index contributed by atoms with van der Waals surface area (Å²) < 4.78 is 2.12. The van der Waals surface area contributed by atoms with Gasteiger partial charge in [-0.1, -0.05) is 36.4 Å². The monoisotopic (exact) mass is 386 g/mol. The Balaban J connectivity index is 1.62. The van der Waals surface area contributed by atoms with Gasteiger partial charge in [-0.25, -0.2) is 14.8 Å². The number of aromatic nitrogens is 3. The van der Waals surface area contributed by atoms with Crippen LogP contribution in [0.3, 0.4) is 0 Å². The van der Waals surface area contributed by atoms with Crippen LogP contribution in [0.2, 0.25) is 0 Å². The Labute approximate surface area is 168 Å². The van der Waals surface area contributed by atoms with E-state index in [1.807, 2.05) is 31.3 Å². The third-order valence-corrected chi connectivity index (χ3v) is 5.85. The quantitative estimate of drug-likeness (QED) is 0.533. The van der Waals surface area contributed by atoms with E-state index < -0.39 is 6.09 Å². The van der Waals surface area contributed by atoms with Crippen LogP contribution >= 0.6 is 0 Å². The van der Waals surface area contributed by atoms with E-state index in [9.17, 15) is 9.90 Å². The zero-order chi connectivity index (χ0) is 20.0. The number of piperidine rings is 1. The van der Waals surface area contributed by atoms with Crippen molar-refractivity contribution in [2.24, 2.45) is 0 Å². The highest BCUT2D eigenvalue weighted by Gasteiger charge is 2.27. The molecular weight excluding hydrogens is 364 g/mol. The van der Waals surface area contributed by atoms with E-state index in [4.69, 9.17) is 4.98 Å². The van der Waals surface area contributed by atoms with Crippen LogP contribution in [0.25, 0.3) is 33.1 Å². The highest BCUT2D eigenvalue weighted by Crippen LogP contribution is 2.33. The van der Waals surface area contributed by atoms with Crippen molar-refractivity contribution in [2.45, 2.75) is 25.8 Å². The fourth-order valence-electron chi connectivity index (χ4n) is 4.46. The molecule has 0 aliphatic carbocycles. The number of hydrogen-bond donors (Lipinski definition) is 1. The molecule has 0 radical (unpaired) electrons. The fourth-order valence-corrected chi connectivity index (χ4v) is 4.46. The molecule has 6 nitrogen and oxygen atoms in total. The highest BCUT2D eigenvalue weighted by molar-refractivity contribution is 5.94. The minimum atomic E-state index is -0.860. The SMILES string of the molecule is Cc1nc2c(-c3ccc4ccccc4c3)ccnc2n1[C@@H]1CCCN(C(=O)O)C1. The Morgan fingerprint density at radius 2 is 1.97 bits per heavy atom. The number of carbonyl (C=O) groups is 1.